The van der Waals surface area contributed by atoms with Crippen LogP contribution in [0.15, 0.2) is 24.3 Å². The molecule has 0 aromatic heterocycles. The fourth-order valence-corrected chi connectivity index (χ4v) is 1.63. The highest BCUT2D eigenvalue weighted by Crippen LogP contribution is 2.36. The predicted molar refractivity (Wildman–Crippen MR) is 86.0 cm³/mol. The lowest BCUT2D eigenvalue weighted by Crippen LogP contribution is -2.41. The van der Waals surface area contributed by atoms with Gasteiger partial charge in [-0.2, -0.15) is 11.8 Å². The molecule has 2 rings (SSSR count). The van der Waals surface area contributed by atoms with Crippen molar-refractivity contribution >= 4 is 30.0 Å². The Kier molecular flexibility index (Phi) is 5.36. The van der Waals surface area contributed by atoms with Crippen molar-refractivity contribution in [3.05, 3.63) is 24.3 Å². The summed E-state index contributed by atoms with van der Waals surface area (Å²) in [6.45, 7) is 8.18. The molecule has 3 nitrogen and oxygen atoms in total. The van der Waals surface area contributed by atoms with Gasteiger partial charge in [0.1, 0.15) is 0 Å². The molecule has 2 N–H and O–H groups in total. The second kappa shape index (κ2) is 6.20. The van der Waals surface area contributed by atoms with Crippen LogP contribution in [0.25, 0.3) is 0 Å². The Labute approximate surface area is 121 Å². The summed E-state index contributed by atoms with van der Waals surface area (Å²) in [6, 6.07) is 7.61. The Bertz CT molecular complexity index is 390. The fraction of sp³-hybridized carbons (Fsp3) is 0.571. The Morgan fingerprint density at radius 1 is 0.947 bits per heavy atom. The van der Waals surface area contributed by atoms with E-state index in [1.807, 2.05) is 64.5 Å². The van der Waals surface area contributed by atoms with Gasteiger partial charge in [-0.1, -0.05) is 12.1 Å². The third-order valence-corrected chi connectivity index (χ3v) is 3.46. The topological polar surface area (TPSA) is 44.5 Å². The number of nitrogens with two attached hydrogens (primary N) is 1. The molecule has 1 heterocycles. The smallest absolute Gasteiger partial charge is 0.399 e. The van der Waals surface area contributed by atoms with Crippen molar-refractivity contribution in [1.82, 2.24) is 0 Å². The summed E-state index contributed by atoms with van der Waals surface area (Å²) in [5.74, 6) is 0. The van der Waals surface area contributed by atoms with Gasteiger partial charge in [-0.15, -0.1) is 0 Å². The first kappa shape index (κ1) is 16.4. The number of nitrogen functional groups attached to an aromatic ring is 1. The Balaban J connectivity index is 0.000000550. The second-order valence-electron chi connectivity index (χ2n) is 5.66. The SMILES string of the molecule is CC1(C)OB(c2ccc(N)cc2)OC1(C)C.CSC. The Morgan fingerprint density at radius 2 is 1.32 bits per heavy atom. The summed E-state index contributed by atoms with van der Waals surface area (Å²) in [5.41, 5.74) is 6.82. The molecule has 1 aromatic rings. The zero-order valence-electron chi connectivity index (χ0n) is 12.7. The molecule has 1 aliphatic heterocycles. The molecule has 0 spiro atoms. The van der Waals surface area contributed by atoms with Crippen LogP contribution < -0.4 is 11.2 Å². The monoisotopic (exact) mass is 281 g/mol. The highest BCUT2D eigenvalue weighted by molar-refractivity contribution is 7.97. The maximum atomic E-state index is 5.93. The molecule has 106 valence electrons. The minimum atomic E-state index is -0.300. The average Bonchev–Trinajstić information content (AvgIpc) is 2.50. The molecule has 0 aliphatic carbocycles. The molecule has 5 heteroatoms. The third-order valence-electron chi connectivity index (χ3n) is 3.46. The molecule has 0 atom stereocenters. The molecule has 1 aromatic carbocycles. The molecular weight excluding hydrogens is 257 g/mol. The van der Waals surface area contributed by atoms with E-state index >= 15 is 0 Å². The van der Waals surface area contributed by atoms with Crippen LogP contribution in [0.1, 0.15) is 27.7 Å². The molecule has 0 saturated carbocycles. The molecule has 0 bridgehead atoms. The number of hydrogen-bond acceptors (Lipinski definition) is 4. The number of anilines is 1. The standard InChI is InChI=1S/C12H18BNO2.C2H6S/c1-11(2)12(3,4)16-13(15-11)9-5-7-10(14)8-6-9;1-3-2/h5-8H,14H2,1-4H3;1-2H3. The largest absolute Gasteiger partial charge is 0.494 e. The van der Waals surface area contributed by atoms with Crippen molar-refractivity contribution in [3.8, 4) is 0 Å². The van der Waals surface area contributed by atoms with E-state index in [1.54, 1.807) is 11.8 Å². The lowest BCUT2D eigenvalue weighted by molar-refractivity contribution is 0.00578. The number of thioether (sulfide) groups is 1. The van der Waals surface area contributed by atoms with Crippen LogP contribution >= 0.6 is 11.8 Å². The summed E-state index contributed by atoms with van der Waals surface area (Å²) in [4.78, 5) is 0. The van der Waals surface area contributed by atoms with Crippen LogP contribution in [-0.4, -0.2) is 30.8 Å². The molecular formula is C14H24BNO2S. The Hall–Kier alpha value is -0.645. The van der Waals surface area contributed by atoms with Gasteiger partial charge < -0.3 is 15.0 Å². The van der Waals surface area contributed by atoms with Crippen LogP contribution in [0.4, 0.5) is 5.69 Å². The van der Waals surface area contributed by atoms with Gasteiger partial charge in [0.2, 0.25) is 0 Å². The first-order valence-corrected chi connectivity index (χ1v) is 7.98. The highest BCUT2D eigenvalue weighted by Gasteiger charge is 2.51. The van der Waals surface area contributed by atoms with Crippen molar-refractivity contribution < 1.29 is 9.31 Å². The van der Waals surface area contributed by atoms with Crippen molar-refractivity contribution in [3.63, 3.8) is 0 Å². The van der Waals surface area contributed by atoms with Crippen LogP contribution in [0.3, 0.4) is 0 Å². The quantitative estimate of drug-likeness (QED) is 0.634. The summed E-state index contributed by atoms with van der Waals surface area (Å²) < 4.78 is 11.9. The molecule has 19 heavy (non-hydrogen) atoms. The summed E-state index contributed by atoms with van der Waals surface area (Å²) in [7, 11) is -0.300. The van der Waals surface area contributed by atoms with Gasteiger partial charge in [0.15, 0.2) is 0 Å². The fourth-order valence-electron chi connectivity index (χ4n) is 1.63. The van der Waals surface area contributed by atoms with E-state index in [2.05, 4.69) is 0 Å². The molecule has 0 amide bonds. The van der Waals surface area contributed by atoms with Gasteiger partial charge in [0.05, 0.1) is 11.2 Å². The van der Waals surface area contributed by atoms with Crippen LogP contribution in [-0.2, 0) is 9.31 Å². The van der Waals surface area contributed by atoms with Gasteiger partial charge in [-0.05, 0) is 57.8 Å². The van der Waals surface area contributed by atoms with E-state index in [1.165, 1.54) is 0 Å². The average molecular weight is 281 g/mol. The minimum Gasteiger partial charge on any atom is -0.399 e. The van der Waals surface area contributed by atoms with Crippen LogP contribution in [0.2, 0.25) is 0 Å². The number of rotatable bonds is 1. The first-order valence-electron chi connectivity index (χ1n) is 6.34. The minimum absolute atomic E-state index is 0.293. The third kappa shape index (κ3) is 3.91. The molecule has 1 fully saturated rings. The molecule has 1 saturated heterocycles. The van der Waals surface area contributed by atoms with Crippen molar-refractivity contribution in [1.29, 1.82) is 0 Å². The molecule has 0 radical (unpaired) electrons. The van der Waals surface area contributed by atoms with Gasteiger partial charge in [0.25, 0.3) is 0 Å². The van der Waals surface area contributed by atoms with Crippen LogP contribution in [0, 0.1) is 0 Å². The lowest BCUT2D eigenvalue weighted by Gasteiger charge is -2.32. The van der Waals surface area contributed by atoms with E-state index < -0.39 is 0 Å². The summed E-state index contributed by atoms with van der Waals surface area (Å²) in [6.07, 6.45) is 4.08. The van der Waals surface area contributed by atoms with Gasteiger partial charge in [-0.25, -0.2) is 0 Å². The summed E-state index contributed by atoms with van der Waals surface area (Å²) >= 11 is 1.75. The van der Waals surface area contributed by atoms with E-state index in [0.717, 1.165) is 11.2 Å². The molecule has 1 aliphatic rings. The number of hydrogen-bond donors (Lipinski definition) is 1. The highest BCUT2D eigenvalue weighted by atomic mass is 32.2. The van der Waals surface area contributed by atoms with Crippen LogP contribution in [0.5, 0.6) is 0 Å². The Morgan fingerprint density at radius 3 is 1.68 bits per heavy atom. The van der Waals surface area contributed by atoms with Crippen molar-refractivity contribution in [2.24, 2.45) is 0 Å². The first-order chi connectivity index (χ1) is 8.73. The zero-order chi connectivity index (χ0) is 14.7. The normalized spacial score (nSPS) is 19.8. The second-order valence-corrected chi connectivity index (χ2v) is 6.48. The van der Waals surface area contributed by atoms with Gasteiger partial charge in [0, 0.05) is 5.69 Å². The zero-order valence-corrected chi connectivity index (χ0v) is 13.5. The van der Waals surface area contributed by atoms with E-state index in [9.17, 15) is 0 Å². The van der Waals surface area contributed by atoms with E-state index in [4.69, 9.17) is 15.0 Å². The van der Waals surface area contributed by atoms with Gasteiger partial charge >= 0.3 is 7.12 Å². The van der Waals surface area contributed by atoms with E-state index in [0.29, 0.717) is 0 Å². The lowest BCUT2D eigenvalue weighted by atomic mass is 9.79. The molecule has 0 unspecified atom stereocenters. The van der Waals surface area contributed by atoms with E-state index in [-0.39, 0.29) is 18.3 Å². The maximum Gasteiger partial charge on any atom is 0.494 e. The van der Waals surface area contributed by atoms with Crippen molar-refractivity contribution in [2.75, 3.05) is 18.2 Å². The van der Waals surface area contributed by atoms with Gasteiger partial charge in [-0.3, -0.25) is 0 Å². The predicted octanol–water partition coefficient (Wildman–Crippen LogP) is 2.55. The van der Waals surface area contributed by atoms with Crippen molar-refractivity contribution in [2.45, 2.75) is 38.9 Å². The number of benzene rings is 1. The summed E-state index contributed by atoms with van der Waals surface area (Å²) in [5, 5.41) is 0. The maximum absolute atomic E-state index is 5.93.